The summed E-state index contributed by atoms with van der Waals surface area (Å²) < 4.78 is 5.23. The first-order chi connectivity index (χ1) is 6.86. The Balaban J connectivity index is 1.57. The lowest BCUT2D eigenvalue weighted by Gasteiger charge is -2.25. The van der Waals surface area contributed by atoms with Gasteiger partial charge in [0.2, 0.25) is 0 Å². The average Bonchev–Trinajstić information content (AvgIpc) is 2.61. The molecule has 1 aliphatic carbocycles. The molecule has 0 aromatic carbocycles. The topological polar surface area (TPSA) is 38.3 Å². The Kier molecular flexibility index (Phi) is 3.40. The number of esters is 1. The predicted octanol–water partition coefficient (Wildman–Crippen LogP) is 1.47. The van der Waals surface area contributed by atoms with E-state index in [1.807, 2.05) is 0 Å². The smallest absolute Gasteiger partial charge is 0.323 e. The van der Waals surface area contributed by atoms with Gasteiger partial charge in [-0.2, -0.15) is 0 Å². The number of carbonyl (C=O) groups excluding carboxylic acids is 1. The molecule has 3 heteroatoms. The van der Waals surface area contributed by atoms with Crippen molar-refractivity contribution in [2.45, 2.75) is 44.6 Å². The largest absolute Gasteiger partial charge is 0.465 e. The Labute approximate surface area is 85.2 Å². The van der Waals surface area contributed by atoms with E-state index in [1.54, 1.807) is 0 Å². The van der Waals surface area contributed by atoms with Crippen LogP contribution in [-0.4, -0.2) is 25.2 Å². The standard InChI is InChI=1S/C11H19NO2/c13-11(10-5-2-7-12-10)14-8-6-9-3-1-4-9/h9-10,12H,1-8H2. The first-order valence-electron chi connectivity index (χ1n) is 5.76. The number of ether oxygens (including phenoxy) is 1. The van der Waals surface area contributed by atoms with Gasteiger partial charge in [-0.1, -0.05) is 19.3 Å². The summed E-state index contributed by atoms with van der Waals surface area (Å²) in [7, 11) is 0. The summed E-state index contributed by atoms with van der Waals surface area (Å²) in [5, 5.41) is 3.15. The highest BCUT2D eigenvalue weighted by Crippen LogP contribution is 2.29. The van der Waals surface area contributed by atoms with Crippen LogP contribution in [0.4, 0.5) is 0 Å². The van der Waals surface area contributed by atoms with Gasteiger partial charge in [-0.15, -0.1) is 0 Å². The van der Waals surface area contributed by atoms with E-state index in [4.69, 9.17) is 4.74 Å². The van der Waals surface area contributed by atoms with Crippen molar-refractivity contribution in [1.82, 2.24) is 5.32 Å². The number of nitrogens with one attached hydrogen (secondary N) is 1. The van der Waals surface area contributed by atoms with E-state index >= 15 is 0 Å². The highest BCUT2D eigenvalue weighted by molar-refractivity contribution is 5.76. The van der Waals surface area contributed by atoms with Gasteiger partial charge in [-0.3, -0.25) is 4.79 Å². The molecule has 1 N–H and O–H groups in total. The molecule has 1 heterocycles. The summed E-state index contributed by atoms with van der Waals surface area (Å²) in [6, 6.07) is -0.0172. The van der Waals surface area contributed by atoms with Gasteiger partial charge in [0, 0.05) is 0 Å². The minimum absolute atomic E-state index is 0.0172. The summed E-state index contributed by atoms with van der Waals surface area (Å²) in [6.07, 6.45) is 7.14. The van der Waals surface area contributed by atoms with Crippen LogP contribution >= 0.6 is 0 Å². The molecule has 0 amide bonds. The normalized spacial score (nSPS) is 27.3. The van der Waals surface area contributed by atoms with Gasteiger partial charge in [0.15, 0.2) is 0 Å². The molecule has 0 bridgehead atoms. The molecule has 14 heavy (non-hydrogen) atoms. The SMILES string of the molecule is O=C(OCCC1CCC1)C1CCCN1. The van der Waals surface area contributed by atoms with Crippen molar-refractivity contribution < 1.29 is 9.53 Å². The van der Waals surface area contributed by atoms with Crippen molar-refractivity contribution in [2.24, 2.45) is 5.92 Å². The molecule has 2 aliphatic rings. The van der Waals surface area contributed by atoms with Crippen molar-refractivity contribution in [3.05, 3.63) is 0 Å². The van der Waals surface area contributed by atoms with Gasteiger partial charge in [-0.25, -0.2) is 0 Å². The van der Waals surface area contributed by atoms with E-state index in [0.717, 1.165) is 31.7 Å². The van der Waals surface area contributed by atoms with Gasteiger partial charge >= 0.3 is 5.97 Å². The Morgan fingerprint density at radius 2 is 2.14 bits per heavy atom. The third-order valence-electron chi connectivity index (χ3n) is 3.34. The monoisotopic (exact) mass is 197 g/mol. The molecule has 1 unspecified atom stereocenters. The molecule has 0 aromatic heterocycles. The summed E-state index contributed by atoms with van der Waals surface area (Å²) in [5.41, 5.74) is 0. The molecule has 1 atom stereocenters. The first-order valence-corrected chi connectivity index (χ1v) is 5.76. The summed E-state index contributed by atoms with van der Waals surface area (Å²) in [6.45, 7) is 1.59. The van der Waals surface area contributed by atoms with E-state index < -0.39 is 0 Å². The van der Waals surface area contributed by atoms with Crippen molar-refractivity contribution in [2.75, 3.05) is 13.2 Å². The Bertz CT molecular complexity index is 195. The Morgan fingerprint density at radius 1 is 1.29 bits per heavy atom. The zero-order valence-corrected chi connectivity index (χ0v) is 8.63. The van der Waals surface area contributed by atoms with E-state index in [2.05, 4.69) is 5.32 Å². The maximum atomic E-state index is 11.4. The second-order valence-corrected chi connectivity index (χ2v) is 4.40. The number of carbonyl (C=O) groups is 1. The molecule has 0 aromatic rings. The second kappa shape index (κ2) is 4.78. The van der Waals surface area contributed by atoms with Crippen LogP contribution in [-0.2, 0) is 9.53 Å². The molecule has 1 saturated carbocycles. The van der Waals surface area contributed by atoms with Gasteiger partial charge in [0.25, 0.3) is 0 Å². The van der Waals surface area contributed by atoms with E-state index in [-0.39, 0.29) is 12.0 Å². The highest BCUT2D eigenvalue weighted by atomic mass is 16.5. The van der Waals surface area contributed by atoms with Crippen LogP contribution in [0.3, 0.4) is 0 Å². The van der Waals surface area contributed by atoms with Gasteiger partial charge < -0.3 is 10.1 Å². The summed E-state index contributed by atoms with van der Waals surface area (Å²) >= 11 is 0. The molecule has 0 radical (unpaired) electrons. The Morgan fingerprint density at radius 3 is 2.71 bits per heavy atom. The summed E-state index contributed by atoms with van der Waals surface area (Å²) in [5.74, 6) is 0.793. The molecular formula is C11H19NO2. The highest BCUT2D eigenvalue weighted by Gasteiger charge is 2.24. The minimum Gasteiger partial charge on any atom is -0.465 e. The van der Waals surface area contributed by atoms with Crippen LogP contribution in [0.5, 0.6) is 0 Å². The molecule has 2 rings (SSSR count). The van der Waals surface area contributed by atoms with Gasteiger partial charge in [0.1, 0.15) is 6.04 Å². The van der Waals surface area contributed by atoms with Gasteiger partial charge in [0.05, 0.1) is 6.61 Å². The van der Waals surface area contributed by atoms with Crippen molar-refractivity contribution in [3.8, 4) is 0 Å². The van der Waals surface area contributed by atoms with Crippen molar-refractivity contribution >= 4 is 5.97 Å². The van der Waals surface area contributed by atoms with E-state index in [1.165, 1.54) is 19.3 Å². The molecule has 3 nitrogen and oxygen atoms in total. The minimum atomic E-state index is -0.0400. The lowest BCUT2D eigenvalue weighted by molar-refractivity contribution is -0.146. The number of rotatable bonds is 4. The van der Waals surface area contributed by atoms with E-state index in [0.29, 0.717) is 6.61 Å². The second-order valence-electron chi connectivity index (χ2n) is 4.40. The number of hydrogen-bond donors (Lipinski definition) is 1. The van der Waals surface area contributed by atoms with Crippen LogP contribution in [0.1, 0.15) is 38.5 Å². The van der Waals surface area contributed by atoms with E-state index in [9.17, 15) is 4.79 Å². The van der Waals surface area contributed by atoms with Gasteiger partial charge in [-0.05, 0) is 31.7 Å². The van der Waals surface area contributed by atoms with Crippen LogP contribution in [0.15, 0.2) is 0 Å². The molecule has 80 valence electrons. The first kappa shape index (κ1) is 9.97. The molecule has 1 saturated heterocycles. The summed E-state index contributed by atoms with van der Waals surface area (Å²) in [4.78, 5) is 11.4. The van der Waals surface area contributed by atoms with Crippen LogP contribution in [0, 0.1) is 5.92 Å². The maximum Gasteiger partial charge on any atom is 0.323 e. The predicted molar refractivity (Wildman–Crippen MR) is 53.9 cm³/mol. The van der Waals surface area contributed by atoms with Crippen LogP contribution in [0.25, 0.3) is 0 Å². The van der Waals surface area contributed by atoms with Crippen molar-refractivity contribution in [3.63, 3.8) is 0 Å². The zero-order valence-electron chi connectivity index (χ0n) is 8.63. The molecular weight excluding hydrogens is 178 g/mol. The molecule has 2 fully saturated rings. The lowest BCUT2D eigenvalue weighted by Crippen LogP contribution is -2.32. The molecule has 0 spiro atoms. The number of hydrogen-bond acceptors (Lipinski definition) is 3. The van der Waals surface area contributed by atoms with Crippen LogP contribution in [0.2, 0.25) is 0 Å². The lowest BCUT2D eigenvalue weighted by atomic mass is 9.83. The maximum absolute atomic E-state index is 11.4. The van der Waals surface area contributed by atoms with Crippen molar-refractivity contribution in [1.29, 1.82) is 0 Å². The quantitative estimate of drug-likeness (QED) is 0.694. The average molecular weight is 197 g/mol. The Hall–Kier alpha value is -0.570. The molecule has 1 aliphatic heterocycles. The fourth-order valence-corrected chi connectivity index (χ4v) is 2.09. The zero-order chi connectivity index (χ0) is 9.80. The van der Waals surface area contributed by atoms with Crippen LogP contribution < -0.4 is 5.32 Å². The third-order valence-corrected chi connectivity index (χ3v) is 3.34. The fourth-order valence-electron chi connectivity index (χ4n) is 2.09. The third kappa shape index (κ3) is 2.47. The fraction of sp³-hybridized carbons (Fsp3) is 0.909.